The Morgan fingerprint density at radius 2 is 1.91 bits per heavy atom. The largest absolute Gasteiger partial charge is 0.481 e. The van der Waals surface area contributed by atoms with E-state index in [0.717, 1.165) is 30.0 Å². The number of rotatable bonds is 4. The summed E-state index contributed by atoms with van der Waals surface area (Å²) in [6, 6.07) is 4.61. The molecule has 0 N–H and O–H groups in total. The minimum Gasteiger partial charge on any atom is -0.481 e. The Morgan fingerprint density at radius 1 is 1.13 bits per heavy atom. The van der Waals surface area contributed by atoms with Gasteiger partial charge in [0.2, 0.25) is 11.8 Å². The highest BCUT2D eigenvalue weighted by molar-refractivity contribution is 7.98. The maximum atomic E-state index is 5.20. The summed E-state index contributed by atoms with van der Waals surface area (Å²) in [6.07, 6.45) is 6.76. The Labute approximate surface area is 139 Å². The molecule has 0 aromatic carbocycles. The Kier molecular flexibility index (Phi) is 3.68. The molecule has 2 bridgehead atoms. The van der Waals surface area contributed by atoms with Crippen LogP contribution in [0, 0.1) is 0 Å². The van der Waals surface area contributed by atoms with Crippen LogP contribution in [-0.4, -0.2) is 58.5 Å². The minimum atomic E-state index is 0.425. The molecule has 2 unspecified atom stereocenters. The SMILES string of the molecule is COc1ccnc(N2C3CC2CN(c2ccnc(SC)n2)C3)n1. The third-order valence-electron chi connectivity index (χ3n) is 4.38. The van der Waals surface area contributed by atoms with Crippen molar-refractivity contribution in [2.45, 2.75) is 23.7 Å². The van der Waals surface area contributed by atoms with Gasteiger partial charge in [0, 0.05) is 31.5 Å². The van der Waals surface area contributed by atoms with E-state index in [2.05, 4.69) is 29.7 Å². The molecule has 120 valence electrons. The molecule has 2 aromatic heterocycles. The van der Waals surface area contributed by atoms with Crippen LogP contribution in [0.4, 0.5) is 11.8 Å². The highest BCUT2D eigenvalue weighted by atomic mass is 32.2. The van der Waals surface area contributed by atoms with Gasteiger partial charge >= 0.3 is 0 Å². The van der Waals surface area contributed by atoms with Crippen molar-refractivity contribution in [1.82, 2.24) is 19.9 Å². The summed E-state index contributed by atoms with van der Waals surface area (Å²) in [6.45, 7) is 1.86. The molecule has 0 amide bonds. The van der Waals surface area contributed by atoms with Crippen LogP contribution in [0.5, 0.6) is 5.88 Å². The van der Waals surface area contributed by atoms with Crippen LogP contribution >= 0.6 is 11.8 Å². The number of hydrogen-bond donors (Lipinski definition) is 0. The van der Waals surface area contributed by atoms with Crippen LogP contribution in [0.3, 0.4) is 0 Å². The fraction of sp³-hybridized carbons (Fsp3) is 0.467. The molecule has 0 saturated carbocycles. The average molecular weight is 330 g/mol. The number of hydrogen-bond acceptors (Lipinski definition) is 8. The molecule has 0 spiro atoms. The number of piperazine rings is 1. The molecule has 8 heteroatoms. The second-order valence-electron chi connectivity index (χ2n) is 5.66. The lowest BCUT2D eigenvalue weighted by Gasteiger charge is -2.56. The fourth-order valence-electron chi connectivity index (χ4n) is 3.30. The summed E-state index contributed by atoms with van der Waals surface area (Å²) in [7, 11) is 1.63. The van der Waals surface area contributed by atoms with Crippen LogP contribution in [0.1, 0.15) is 6.42 Å². The quantitative estimate of drug-likeness (QED) is 0.617. The standard InChI is InChI=1S/C15H18N6OS/c1-22-13-4-6-16-14(19-13)21-10-7-11(21)9-20(8-10)12-3-5-17-15(18-12)23-2/h3-6,10-11H,7-9H2,1-2H3. The van der Waals surface area contributed by atoms with Gasteiger partial charge in [-0.15, -0.1) is 0 Å². The van der Waals surface area contributed by atoms with Crippen molar-refractivity contribution in [3.63, 3.8) is 0 Å². The average Bonchev–Trinajstić information content (AvgIpc) is 2.62. The number of piperidine rings is 1. The van der Waals surface area contributed by atoms with Crippen LogP contribution < -0.4 is 14.5 Å². The van der Waals surface area contributed by atoms with Gasteiger partial charge in [-0.3, -0.25) is 0 Å². The smallest absolute Gasteiger partial charge is 0.229 e. The fourth-order valence-corrected chi connectivity index (χ4v) is 3.65. The molecule has 0 aliphatic carbocycles. The summed E-state index contributed by atoms with van der Waals surface area (Å²) < 4.78 is 5.20. The van der Waals surface area contributed by atoms with Gasteiger partial charge in [0.15, 0.2) is 5.16 Å². The molecule has 7 nitrogen and oxygen atoms in total. The van der Waals surface area contributed by atoms with E-state index in [9.17, 15) is 0 Å². The second kappa shape index (κ2) is 5.84. The van der Waals surface area contributed by atoms with Crippen LogP contribution in [-0.2, 0) is 0 Å². The third-order valence-corrected chi connectivity index (χ3v) is 4.94. The molecule has 0 radical (unpaired) electrons. The van der Waals surface area contributed by atoms with E-state index in [-0.39, 0.29) is 0 Å². The van der Waals surface area contributed by atoms with E-state index < -0.39 is 0 Å². The van der Waals surface area contributed by atoms with Gasteiger partial charge in [-0.1, -0.05) is 11.8 Å². The van der Waals surface area contributed by atoms with Gasteiger partial charge in [0.25, 0.3) is 0 Å². The normalized spacial score (nSPS) is 22.7. The van der Waals surface area contributed by atoms with Crippen molar-refractivity contribution in [2.24, 2.45) is 0 Å². The molecule has 5 rings (SSSR count). The van der Waals surface area contributed by atoms with Crippen molar-refractivity contribution in [2.75, 3.05) is 36.3 Å². The zero-order valence-electron chi connectivity index (χ0n) is 13.1. The Balaban J connectivity index is 1.51. The molecular weight excluding hydrogens is 312 g/mol. The Bertz CT molecular complexity index is 702. The number of methoxy groups -OCH3 is 1. The van der Waals surface area contributed by atoms with Crippen LogP contribution in [0.25, 0.3) is 0 Å². The summed E-state index contributed by atoms with van der Waals surface area (Å²) in [5, 5.41) is 0.815. The monoisotopic (exact) mass is 330 g/mol. The number of aromatic nitrogens is 4. The van der Waals surface area contributed by atoms with Gasteiger partial charge < -0.3 is 14.5 Å². The zero-order chi connectivity index (χ0) is 15.8. The summed E-state index contributed by atoms with van der Waals surface area (Å²) in [4.78, 5) is 22.4. The molecule has 2 aromatic rings. The van der Waals surface area contributed by atoms with Crippen molar-refractivity contribution in [1.29, 1.82) is 0 Å². The van der Waals surface area contributed by atoms with E-state index in [1.54, 1.807) is 31.1 Å². The van der Waals surface area contributed by atoms with Crippen molar-refractivity contribution in [3.8, 4) is 5.88 Å². The zero-order valence-corrected chi connectivity index (χ0v) is 13.9. The van der Waals surface area contributed by atoms with Crippen LogP contribution in [0.15, 0.2) is 29.7 Å². The number of fused-ring (bicyclic) bond motifs is 2. The number of anilines is 2. The number of thioether (sulfide) groups is 1. The number of ether oxygens (including phenoxy) is 1. The van der Waals surface area contributed by atoms with Crippen molar-refractivity contribution >= 4 is 23.5 Å². The van der Waals surface area contributed by atoms with Gasteiger partial charge in [-0.05, 0) is 18.7 Å². The van der Waals surface area contributed by atoms with Gasteiger partial charge in [0.1, 0.15) is 5.82 Å². The lowest BCUT2D eigenvalue weighted by Crippen LogP contribution is -2.69. The predicted octanol–water partition coefficient (Wildman–Crippen LogP) is 1.46. The highest BCUT2D eigenvalue weighted by Gasteiger charge is 2.46. The lowest BCUT2D eigenvalue weighted by atomic mass is 9.88. The topological polar surface area (TPSA) is 67.3 Å². The Hall–Kier alpha value is -2.09. The van der Waals surface area contributed by atoms with Crippen molar-refractivity contribution in [3.05, 3.63) is 24.5 Å². The van der Waals surface area contributed by atoms with E-state index in [4.69, 9.17) is 4.74 Å². The summed E-state index contributed by atoms with van der Waals surface area (Å²) >= 11 is 1.57. The second-order valence-corrected chi connectivity index (χ2v) is 6.43. The molecule has 3 saturated heterocycles. The first-order valence-corrected chi connectivity index (χ1v) is 8.78. The highest BCUT2D eigenvalue weighted by Crippen LogP contribution is 2.37. The first-order chi connectivity index (χ1) is 11.3. The lowest BCUT2D eigenvalue weighted by molar-refractivity contribution is 0.283. The molecule has 3 aliphatic heterocycles. The first-order valence-electron chi connectivity index (χ1n) is 7.56. The van der Waals surface area contributed by atoms with Crippen LogP contribution in [0.2, 0.25) is 0 Å². The predicted molar refractivity (Wildman–Crippen MR) is 89.3 cm³/mol. The maximum absolute atomic E-state index is 5.20. The van der Waals surface area contributed by atoms with E-state index in [1.807, 2.05) is 18.5 Å². The summed E-state index contributed by atoms with van der Waals surface area (Å²) in [5.74, 6) is 2.38. The molecule has 23 heavy (non-hydrogen) atoms. The van der Waals surface area contributed by atoms with Gasteiger partial charge in [-0.2, -0.15) is 4.98 Å². The molecule has 3 aliphatic rings. The van der Waals surface area contributed by atoms with Gasteiger partial charge in [-0.25, -0.2) is 15.0 Å². The van der Waals surface area contributed by atoms with Crippen molar-refractivity contribution < 1.29 is 4.74 Å². The third kappa shape index (κ3) is 2.56. The first kappa shape index (κ1) is 14.5. The maximum Gasteiger partial charge on any atom is 0.229 e. The molecule has 2 atom stereocenters. The van der Waals surface area contributed by atoms with E-state index in [0.29, 0.717) is 18.0 Å². The molecular formula is C15H18N6OS. The van der Waals surface area contributed by atoms with Gasteiger partial charge in [0.05, 0.1) is 19.2 Å². The summed E-state index contributed by atoms with van der Waals surface area (Å²) in [5.41, 5.74) is 0. The number of nitrogens with zero attached hydrogens (tertiary/aromatic N) is 6. The molecule has 3 fully saturated rings. The Morgan fingerprint density at radius 3 is 2.65 bits per heavy atom. The minimum absolute atomic E-state index is 0.425. The van der Waals surface area contributed by atoms with E-state index >= 15 is 0 Å². The molecule has 5 heterocycles. The van der Waals surface area contributed by atoms with E-state index in [1.165, 1.54) is 6.42 Å².